The van der Waals surface area contributed by atoms with Gasteiger partial charge in [0.05, 0.1) is 28.4 Å². The second kappa shape index (κ2) is 15.1. The summed E-state index contributed by atoms with van der Waals surface area (Å²) in [5.41, 5.74) is 9.14. The number of ether oxygens (including phenoxy) is 1. The SMILES string of the molecule is Nc1c(Cl)cc(C(O)CN(CCCCCCOCCc2ccccn2)Cc2ccccc2)cc1Cl. The van der Waals surface area contributed by atoms with Crippen molar-refractivity contribution in [3.05, 3.63) is 93.7 Å². The predicted octanol–water partition coefficient (Wildman–Crippen LogP) is 6.33. The normalized spacial score (nSPS) is 12.2. The molecule has 0 saturated heterocycles. The van der Waals surface area contributed by atoms with Crippen LogP contribution in [0.5, 0.6) is 0 Å². The molecule has 0 radical (unpaired) electrons. The fraction of sp³-hybridized carbons (Fsp3) is 0.393. The number of nitrogens with zero attached hydrogens (tertiary/aromatic N) is 2. The summed E-state index contributed by atoms with van der Waals surface area (Å²) in [6.45, 7) is 3.63. The fourth-order valence-electron chi connectivity index (χ4n) is 3.94. The van der Waals surface area contributed by atoms with Gasteiger partial charge in [-0.15, -0.1) is 0 Å². The van der Waals surface area contributed by atoms with Crippen LogP contribution in [0, 0.1) is 0 Å². The first kappa shape index (κ1) is 27.4. The van der Waals surface area contributed by atoms with E-state index in [1.807, 2.05) is 42.6 Å². The zero-order valence-electron chi connectivity index (χ0n) is 20.1. The third-order valence-corrected chi connectivity index (χ3v) is 6.53. The lowest BCUT2D eigenvalue weighted by Crippen LogP contribution is -2.29. The highest BCUT2D eigenvalue weighted by Crippen LogP contribution is 2.31. The molecule has 3 aromatic rings. The Morgan fingerprint density at radius 1 is 0.914 bits per heavy atom. The van der Waals surface area contributed by atoms with Crippen LogP contribution in [0.2, 0.25) is 10.0 Å². The van der Waals surface area contributed by atoms with E-state index in [0.29, 0.717) is 34.4 Å². The van der Waals surface area contributed by atoms with E-state index in [-0.39, 0.29) is 0 Å². The summed E-state index contributed by atoms with van der Waals surface area (Å²) in [5, 5.41) is 11.6. The van der Waals surface area contributed by atoms with Gasteiger partial charge in [-0.05, 0) is 54.8 Å². The summed E-state index contributed by atoms with van der Waals surface area (Å²) in [6.07, 6.45) is 6.29. The molecule has 7 heteroatoms. The van der Waals surface area contributed by atoms with Gasteiger partial charge >= 0.3 is 0 Å². The van der Waals surface area contributed by atoms with Crippen molar-refractivity contribution in [2.24, 2.45) is 0 Å². The van der Waals surface area contributed by atoms with Crippen molar-refractivity contribution in [1.29, 1.82) is 0 Å². The van der Waals surface area contributed by atoms with Gasteiger partial charge in [-0.2, -0.15) is 0 Å². The first-order chi connectivity index (χ1) is 17.0. The lowest BCUT2D eigenvalue weighted by Gasteiger charge is -2.26. The Morgan fingerprint density at radius 3 is 2.34 bits per heavy atom. The molecule has 1 unspecified atom stereocenters. The standard InChI is InChI=1S/C28H35Cl2N3O2/c29-25-18-23(19-26(30)28(25)31)27(34)21-33(20-22-10-4-3-5-11-22)15-8-1-2-9-16-35-17-13-24-12-6-7-14-32-24/h3-7,10-12,14,18-19,27,34H,1-2,8-9,13,15-17,20-21,31H2. The molecule has 0 bridgehead atoms. The highest BCUT2D eigenvalue weighted by molar-refractivity contribution is 6.38. The number of nitrogens with two attached hydrogens (primary N) is 1. The third-order valence-electron chi connectivity index (χ3n) is 5.91. The molecule has 35 heavy (non-hydrogen) atoms. The van der Waals surface area contributed by atoms with Crippen molar-refractivity contribution in [3.8, 4) is 0 Å². The number of anilines is 1. The maximum absolute atomic E-state index is 10.9. The Kier molecular flexibility index (Phi) is 11.8. The molecule has 188 valence electrons. The Morgan fingerprint density at radius 2 is 1.63 bits per heavy atom. The maximum atomic E-state index is 10.9. The van der Waals surface area contributed by atoms with Crippen LogP contribution in [0.3, 0.4) is 0 Å². The zero-order valence-corrected chi connectivity index (χ0v) is 21.6. The number of rotatable bonds is 15. The second-order valence-corrected chi connectivity index (χ2v) is 9.55. The molecule has 1 aromatic heterocycles. The minimum absolute atomic E-state index is 0.339. The first-order valence-electron chi connectivity index (χ1n) is 12.2. The van der Waals surface area contributed by atoms with E-state index in [1.54, 1.807) is 12.1 Å². The van der Waals surface area contributed by atoms with Crippen molar-refractivity contribution >= 4 is 28.9 Å². The maximum Gasteiger partial charge on any atom is 0.0918 e. The highest BCUT2D eigenvalue weighted by Gasteiger charge is 2.16. The summed E-state index contributed by atoms with van der Waals surface area (Å²) in [7, 11) is 0. The monoisotopic (exact) mass is 515 g/mol. The van der Waals surface area contributed by atoms with Crippen LogP contribution in [0.4, 0.5) is 5.69 Å². The number of aliphatic hydroxyl groups excluding tert-OH is 1. The summed E-state index contributed by atoms with van der Waals surface area (Å²) < 4.78 is 5.76. The minimum Gasteiger partial charge on any atom is -0.396 e. The number of benzene rings is 2. The quantitative estimate of drug-likeness (QED) is 0.183. The molecule has 0 aliphatic rings. The first-order valence-corrected chi connectivity index (χ1v) is 12.9. The van der Waals surface area contributed by atoms with Gasteiger partial charge in [0.15, 0.2) is 0 Å². The molecular weight excluding hydrogens is 481 g/mol. The average Bonchev–Trinajstić information content (AvgIpc) is 2.87. The van der Waals surface area contributed by atoms with Gasteiger partial charge in [-0.1, -0.05) is 72.4 Å². The summed E-state index contributed by atoms with van der Waals surface area (Å²) >= 11 is 12.4. The Bertz CT molecular complexity index is 983. The third kappa shape index (κ3) is 9.79. The van der Waals surface area contributed by atoms with Crippen LogP contribution < -0.4 is 5.73 Å². The zero-order chi connectivity index (χ0) is 24.9. The molecule has 2 aromatic carbocycles. The van der Waals surface area contributed by atoms with E-state index in [1.165, 1.54) is 5.56 Å². The van der Waals surface area contributed by atoms with Crippen molar-refractivity contribution in [3.63, 3.8) is 0 Å². The number of aromatic nitrogens is 1. The van der Waals surface area contributed by atoms with Crippen LogP contribution in [0.15, 0.2) is 66.9 Å². The van der Waals surface area contributed by atoms with Gasteiger partial charge in [0.25, 0.3) is 0 Å². The second-order valence-electron chi connectivity index (χ2n) is 8.73. The number of hydrogen-bond acceptors (Lipinski definition) is 5. The number of hydrogen-bond donors (Lipinski definition) is 2. The van der Waals surface area contributed by atoms with Gasteiger partial charge in [0.1, 0.15) is 0 Å². The largest absolute Gasteiger partial charge is 0.396 e. The molecule has 5 nitrogen and oxygen atoms in total. The number of halogens is 2. The van der Waals surface area contributed by atoms with Gasteiger partial charge in [0, 0.05) is 38.0 Å². The van der Waals surface area contributed by atoms with E-state index in [9.17, 15) is 5.11 Å². The smallest absolute Gasteiger partial charge is 0.0918 e. The van der Waals surface area contributed by atoms with Crippen molar-refractivity contribution in [2.75, 3.05) is 32.0 Å². The number of nitrogen functional groups attached to an aromatic ring is 1. The van der Waals surface area contributed by atoms with Crippen LogP contribution in [-0.4, -0.2) is 41.3 Å². The lowest BCUT2D eigenvalue weighted by atomic mass is 10.1. The fourth-order valence-corrected chi connectivity index (χ4v) is 4.44. The topological polar surface area (TPSA) is 71.6 Å². The summed E-state index contributed by atoms with van der Waals surface area (Å²) in [6, 6.07) is 19.7. The molecule has 1 heterocycles. The van der Waals surface area contributed by atoms with Crippen LogP contribution >= 0.6 is 23.2 Å². The van der Waals surface area contributed by atoms with Crippen LogP contribution in [0.25, 0.3) is 0 Å². The highest BCUT2D eigenvalue weighted by atomic mass is 35.5. The van der Waals surface area contributed by atoms with E-state index in [4.69, 9.17) is 33.7 Å². The Balaban J connectivity index is 1.41. The van der Waals surface area contributed by atoms with E-state index >= 15 is 0 Å². The molecule has 0 saturated carbocycles. The molecule has 0 aliphatic carbocycles. The lowest BCUT2D eigenvalue weighted by molar-refractivity contribution is 0.107. The predicted molar refractivity (Wildman–Crippen MR) is 145 cm³/mol. The molecule has 0 amide bonds. The Labute approximate surface area is 218 Å². The summed E-state index contributed by atoms with van der Waals surface area (Å²) in [5.74, 6) is 0. The van der Waals surface area contributed by atoms with Crippen LogP contribution in [-0.2, 0) is 17.7 Å². The molecule has 3 rings (SSSR count). The van der Waals surface area contributed by atoms with Crippen molar-refractivity contribution in [1.82, 2.24) is 9.88 Å². The van der Waals surface area contributed by atoms with Crippen LogP contribution in [0.1, 0.15) is 48.6 Å². The molecular formula is C28H35Cl2N3O2. The van der Waals surface area contributed by atoms with Crippen molar-refractivity contribution in [2.45, 2.75) is 44.8 Å². The number of pyridine rings is 1. The van der Waals surface area contributed by atoms with Gasteiger partial charge in [-0.3, -0.25) is 9.88 Å². The van der Waals surface area contributed by atoms with E-state index in [0.717, 1.165) is 57.5 Å². The molecule has 3 N–H and O–H groups in total. The Hall–Kier alpha value is -2.15. The summed E-state index contributed by atoms with van der Waals surface area (Å²) in [4.78, 5) is 6.59. The number of aliphatic hydroxyl groups is 1. The van der Waals surface area contributed by atoms with Gasteiger partial charge in [-0.25, -0.2) is 0 Å². The van der Waals surface area contributed by atoms with Crippen molar-refractivity contribution < 1.29 is 9.84 Å². The van der Waals surface area contributed by atoms with Gasteiger partial charge < -0.3 is 15.6 Å². The molecule has 1 atom stereocenters. The molecule has 0 spiro atoms. The number of unbranched alkanes of at least 4 members (excludes halogenated alkanes) is 3. The van der Waals surface area contributed by atoms with Gasteiger partial charge in [0.2, 0.25) is 0 Å². The van der Waals surface area contributed by atoms with E-state index < -0.39 is 6.10 Å². The minimum atomic E-state index is -0.707. The molecule has 0 fully saturated rings. The average molecular weight is 517 g/mol. The molecule has 0 aliphatic heterocycles. The van der Waals surface area contributed by atoms with E-state index in [2.05, 4.69) is 22.0 Å².